The molecule has 2 aliphatic rings. The normalized spacial score (nSPS) is 23.2. The first-order valence-electron chi connectivity index (χ1n) is 10.7. The van der Waals surface area contributed by atoms with Gasteiger partial charge in [0, 0.05) is 49.0 Å². The Kier molecular flexibility index (Phi) is 6.21. The number of halogens is 4. The molecule has 0 aromatic heterocycles. The van der Waals surface area contributed by atoms with E-state index in [-0.39, 0.29) is 49.1 Å². The van der Waals surface area contributed by atoms with Gasteiger partial charge in [-0.25, -0.2) is 17.6 Å². The van der Waals surface area contributed by atoms with Gasteiger partial charge in [0.1, 0.15) is 24.0 Å². The average molecular weight is 435 g/mol. The van der Waals surface area contributed by atoms with E-state index in [1.54, 1.807) is 4.90 Å². The molecule has 1 amide bonds. The molecular formula is C24H25F4NO2. The number of amides is 1. The van der Waals surface area contributed by atoms with E-state index in [1.165, 1.54) is 0 Å². The molecule has 1 heterocycles. The van der Waals surface area contributed by atoms with E-state index in [0.717, 1.165) is 24.1 Å². The molecule has 0 radical (unpaired) electrons. The van der Waals surface area contributed by atoms with Crippen molar-refractivity contribution >= 4 is 5.91 Å². The summed E-state index contributed by atoms with van der Waals surface area (Å²) in [7, 11) is 0. The van der Waals surface area contributed by atoms with Crippen molar-refractivity contribution in [3.05, 3.63) is 65.2 Å². The van der Waals surface area contributed by atoms with E-state index in [2.05, 4.69) is 0 Å². The van der Waals surface area contributed by atoms with E-state index >= 15 is 0 Å². The van der Waals surface area contributed by atoms with Crippen LogP contribution in [0.5, 0.6) is 5.75 Å². The predicted molar refractivity (Wildman–Crippen MR) is 108 cm³/mol. The van der Waals surface area contributed by atoms with E-state index in [4.69, 9.17) is 4.74 Å². The molecule has 0 bridgehead atoms. The Bertz CT molecular complexity index is 911. The molecule has 0 spiro atoms. The molecule has 2 fully saturated rings. The van der Waals surface area contributed by atoms with Gasteiger partial charge in [-0.3, -0.25) is 4.79 Å². The van der Waals surface area contributed by atoms with Crippen LogP contribution in [0.4, 0.5) is 17.6 Å². The number of likely N-dealkylation sites (tertiary alicyclic amines) is 1. The number of ether oxygens (including phenoxy) is 1. The Morgan fingerprint density at radius 1 is 1.10 bits per heavy atom. The standard InChI is InChI=1S/C24H25F4NO2/c25-21-13-19(31-15-16-5-2-1-3-6-16)14-22(26)20(21)12-17-11-18(8-9-24(17,27)28)29-10-4-7-23(29)30/h1-3,5-6,13-14,17-18H,4,7-12,15H2/t17-,18?/m1/s1. The fourth-order valence-corrected chi connectivity index (χ4v) is 4.60. The third-order valence-corrected chi connectivity index (χ3v) is 6.33. The number of alkyl halides is 2. The van der Waals surface area contributed by atoms with Crippen LogP contribution >= 0.6 is 0 Å². The summed E-state index contributed by atoms with van der Waals surface area (Å²) in [6.07, 6.45) is 0.626. The first-order chi connectivity index (χ1) is 14.8. The Labute approximate surface area is 179 Å². The SMILES string of the molecule is O=C1CCCN1C1CCC(F)(F)[C@@H](Cc2c(F)cc(OCc3ccccc3)cc2F)C1. The lowest BCUT2D eigenvalue weighted by atomic mass is 9.78. The van der Waals surface area contributed by atoms with Crippen molar-refractivity contribution < 1.29 is 27.1 Å². The van der Waals surface area contributed by atoms with Gasteiger partial charge in [0.2, 0.25) is 5.91 Å². The first-order valence-corrected chi connectivity index (χ1v) is 10.7. The summed E-state index contributed by atoms with van der Waals surface area (Å²) in [4.78, 5) is 13.7. The maximum absolute atomic E-state index is 14.7. The van der Waals surface area contributed by atoms with Crippen LogP contribution < -0.4 is 4.74 Å². The van der Waals surface area contributed by atoms with Crippen LogP contribution in [0.25, 0.3) is 0 Å². The van der Waals surface area contributed by atoms with Crippen molar-refractivity contribution in [3.63, 3.8) is 0 Å². The lowest BCUT2D eigenvalue weighted by Crippen LogP contribution is -2.46. The van der Waals surface area contributed by atoms with Crippen molar-refractivity contribution in [3.8, 4) is 5.75 Å². The second kappa shape index (κ2) is 8.89. The van der Waals surface area contributed by atoms with E-state index in [0.29, 0.717) is 13.0 Å². The van der Waals surface area contributed by atoms with Crippen LogP contribution in [0.2, 0.25) is 0 Å². The largest absolute Gasteiger partial charge is 0.489 e. The molecule has 3 nitrogen and oxygen atoms in total. The predicted octanol–water partition coefficient (Wildman–Crippen LogP) is 5.51. The summed E-state index contributed by atoms with van der Waals surface area (Å²) in [5, 5.41) is 0. The van der Waals surface area contributed by atoms with Crippen molar-refractivity contribution in [2.45, 2.75) is 57.1 Å². The highest BCUT2D eigenvalue weighted by atomic mass is 19.3. The maximum Gasteiger partial charge on any atom is 0.251 e. The minimum atomic E-state index is -3.03. The fourth-order valence-electron chi connectivity index (χ4n) is 4.60. The third-order valence-electron chi connectivity index (χ3n) is 6.33. The minimum absolute atomic E-state index is 0.0125. The van der Waals surface area contributed by atoms with E-state index < -0.39 is 29.9 Å². The smallest absolute Gasteiger partial charge is 0.251 e. The molecule has 1 unspecified atom stereocenters. The van der Waals surface area contributed by atoms with E-state index in [9.17, 15) is 22.4 Å². The average Bonchev–Trinajstić information content (AvgIpc) is 3.17. The molecule has 2 aromatic carbocycles. The zero-order valence-corrected chi connectivity index (χ0v) is 17.1. The topological polar surface area (TPSA) is 29.5 Å². The molecule has 1 aliphatic heterocycles. The summed E-state index contributed by atoms with van der Waals surface area (Å²) in [5.74, 6) is -6.04. The highest BCUT2D eigenvalue weighted by molar-refractivity contribution is 5.78. The molecule has 1 saturated carbocycles. The monoisotopic (exact) mass is 435 g/mol. The fraction of sp³-hybridized carbons (Fsp3) is 0.458. The number of carbonyl (C=O) groups is 1. The molecule has 1 aliphatic carbocycles. The number of rotatable bonds is 6. The molecule has 1 saturated heterocycles. The zero-order chi connectivity index (χ0) is 22.0. The van der Waals surface area contributed by atoms with Crippen molar-refractivity contribution in [2.75, 3.05) is 6.54 Å². The Balaban J connectivity index is 1.47. The zero-order valence-electron chi connectivity index (χ0n) is 17.1. The van der Waals surface area contributed by atoms with Gasteiger partial charge in [-0.05, 0) is 31.2 Å². The van der Waals surface area contributed by atoms with E-state index in [1.807, 2.05) is 30.3 Å². The molecule has 7 heteroatoms. The number of benzene rings is 2. The molecule has 166 valence electrons. The second-order valence-corrected chi connectivity index (χ2v) is 8.42. The molecular weight excluding hydrogens is 410 g/mol. The third kappa shape index (κ3) is 4.86. The molecule has 0 N–H and O–H groups in total. The van der Waals surface area contributed by atoms with Gasteiger partial charge in [-0.1, -0.05) is 30.3 Å². The summed E-state index contributed by atoms with van der Waals surface area (Å²) in [6.45, 7) is 0.712. The van der Waals surface area contributed by atoms with Crippen molar-refractivity contribution in [1.82, 2.24) is 4.90 Å². The van der Waals surface area contributed by atoms with Crippen LogP contribution in [-0.2, 0) is 17.8 Å². The van der Waals surface area contributed by atoms with Gasteiger partial charge >= 0.3 is 0 Å². The quantitative estimate of drug-likeness (QED) is 0.560. The Morgan fingerprint density at radius 2 is 1.81 bits per heavy atom. The molecule has 31 heavy (non-hydrogen) atoms. The molecule has 4 rings (SSSR count). The van der Waals surface area contributed by atoms with Gasteiger partial charge in [0.15, 0.2) is 0 Å². The summed E-state index contributed by atoms with van der Waals surface area (Å²) in [6, 6.07) is 11.0. The molecule has 2 aromatic rings. The lowest BCUT2D eigenvalue weighted by molar-refractivity contribution is -0.137. The minimum Gasteiger partial charge on any atom is -0.489 e. The highest BCUT2D eigenvalue weighted by Crippen LogP contribution is 2.43. The highest BCUT2D eigenvalue weighted by Gasteiger charge is 2.47. The maximum atomic E-state index is 14.7. The van der Waals surface area contributed by atoms with Crippen LogP contribution in [0, 0.1) is 17.6 Å². The van der Waals surface area contributed by atoms with Crippen LogP contribution in [0.15, 0.2) is 42.5 Å². The number of hydrogen-bond donors (Lipinski definition) is 0. The Hall–Kier alpha value is -2.57. The molecule has 2 atom stereocenters. The van der Waals surface area contributed by atoms with Crippen LogP contribution in [0.1, 0.15) is 43.2 Å². The lowest BCUT2D eigenvalue weighted by Gasteiger charge is -2.40. The van der Waals surface area contributed by atoms with Crippen LogP contribution in [-0.4, -0.2) is 29.3 Å². The van der Waals surface area contributed by atoms with Gasteiger partial charge in [0.25, 0.3) is 5.92 Å². The summed E-state index contributed by atoms with van der Waals surface area (Å²) < 4.78 is 64.0. The van der Waals surface area contributed by atoms with Crippen molar-refractivity contribution in [1.29, 1.82) is 0 Å². The van der Waals surface area contributed by atoms with Gasteiger partial charge in [0.05, 0.1) is 0 Å². The summed E-state index contributed by atoms with van der Waals surface area (Å²) in [5.41, 5.74) is 0.488. The summed E-state index contributed by atoms with van der Waals surface area (Å²) >= 11 is 0. The number of carbonyl (C=O) groups excluding carboxylic acids is 1. The van der Waals surface area contributed by atoms with Crippen molar-refractivity contribution in [2.24, 2.45) is 5.92 Å². The van der Waals surface area contributed by atoms with Crippen LogP contribution in [0.3, 0.4) is 0 Å². The van der Waals surface area contributed by atoms with Gasteiger partial charge < -0.3 is 9.64 Å². The van der Waals surface area contributed by atoms with Gasteiger partial charge in [-0.15, -0.1) is 0 Å². The van der Waals surface area contributed by atoms with Gasteiger partial charge in [-0.2, -0.15) is 0 Å². The first kappa shape index (κ1) is 21.7. The number of nitrogens with zero attached hydrogens (tertiary/aromatic N) is 1. The Morgan fingerprint density at radius 3 is 2.45 bits per heavy atom. The number of hydrogen-bond acceptors (Lipinski definition) is 2. The second-order valence-electron chi connectivity index (χ2n) is 8.42.